The third kappa shape index (κ3) is 3.93. The Hall–Kier alpha value is -2.53. The molecule has 27 heavy (non-hydrogen) atoms. The van der Waals surface area contributed by atoms with Crippen LogP contribution in [-0.4, -0.2) is 38.7 Å². The van der Waals surface area contributed by atoms with E-state index < -0.39 is 0 Å². The maximum Gasteiger partial charge on any atom is 0.310 e. The van der Waals surface area contributed by atoms with E-state index in [1.54, 1.807) is 14.2 Å². The first-order valence-electron chi connectivity index (χ1n) is 9.19. The van der Waals surface area contributed by atoms with Gasteiger partial charge in [-0.25, -0.2) is 0 Å². The Bertz CT molecular complexity index is 790. The molecule has 1 heterocycles. The fourth-order valence-electron chi connectivity index (χ4n) is 3.92. The molecule has 0 spiro atoms. The zero-order valence-electron chi connectivity index (χ0n) is 16.4. The molecule has 0 radical (unpaired) electrons. The van der Waals surface area contributed by atoms with Crippen LogP contribution >= 0.6 is 0 Å². The number of hydrogen-bond acceptors (Lipinski definition) is 5. The van der Waals surface area contributed by atoms with Crippen molar-refractivity contribution in [2.75, 3.05) is 27.9 Å². The van der Waals surface area contributed by atoms with Crippen LogP contribution in [0.25, 0.3) is 0 Å². The van der Waals surface area contributed by atoms with Gasteiger partial charge in [-0.05, 0) is 35.2 Å². The van der Waals surface area contributed by atoms with Gasteiger partial charge in [-0.3, -0.25) is 9.69 Å². The quantitative estimate of drug-likeness (QED) is 0.728. The zero-order chi connectivity index (χ0) is 19.4. The number of ether oxygens (including phenoxy) is 3. The minimum Gasteiger partial charge on any atom is -0.493 e. The van der Waals surface area contributed by atoms with E-state index >= 15 is 0 Å². The summed E-state index contributed by atoms with van der Waals surface area (Å²) in [4.78, 5) is 14.7. The lowest BCUT2D eigenvalue weighted by atomic mass is 9.84. The summed E-state index contributed by atoms with van der Waals surface area (Å²) in [5.41, 5.74) is 3.52. The summed E-state index contributed by atoms with van der Waals surface area (Å²) in [6.45, 7) is 3.57. The molecule has 2 aromatic rings. The maximum absolute atomic E-state index is 12.4. The summed E-state index contributed by atoms with van der Waals surface area (Å²) in [6, 6.07) is 14.3. The molecular formula is C22H27NO4. The second kappa shape index (κ2) is 8.44. The lowest BCUT2D eigenvalue weighted by Gasteiger charge is -2.40. The van der Waals surface area contributed by atoms with Crippen LogP contribution < -0.4 is 9.47 Å². The van der Waals surface area contributed by atoms with Crippen molar-refractivity contribution >= 4 is 5.97 Å². The molecule has 2 atom stereocenters. The lowest BCUT2D eigenvalue weighted by Crippen LogP contribution is -2.40. The first kappa shape index (κ1) is 19.2. The third-order valence-electron chi connectivity index (χ3n) is 5.30. The summed E-state index contributed by atoms with van der Waals surface area (Å²) in [6.07, 6.45) is 0.896. The van der Waals surface area contributed by atoms with Crippen molar-refractivity contribution in [2.45, 2.75) is 25.9 Å². The predicted octanol–water partition coefficient (Wildman–Crippen LogP) is 3.61. The van der Waals surface area contributed by atoms with E-state index in [1.165, 1.54) is 18.2 Å². The van der Waals surface area contributed by atoms with Crippen LogP contribution in [0.15, 0.2) is 42.5 Å². The van der Waals surface area contributed by atoms with Crippen LogP contribution in [0.5, 0.6) is 11.5 Å². The summed E-state index contributed by atoms with van der Waals surface area (Å²) >= 11 is 0. The zero-order valence-corrected chi connectivity index (χ0v) is 16.4. The third-order valence-corrected chi connectivity index (χ3v) is 5.30. The van der Waals surface area contributed by atoms with Crippen LogP contribution in [0, 0.1) is 5.92 Å². The molecular weight excluding hydrogens is 342 g/mol. The monoisotopic (exact) mass is 369 g/mol. The van der Waals surface area contributed by atoms with Crippen LogP contribution in [0.2, 0.25) is 0 Å². The summed E-state index contributed by atoms with van der Waals surface area (Å²) in [7, 11) is 4.72. The average Bonchev–Trinajstić information content (AvgIpc) is 2.72. The number of carbonyl (C=O) groups excluding carboxylic acids is 1. The molecule has 1 aliphatic heterocycles. The standard InChI is InChI=1S/C22H27NO4/c1-15(22(24)27-4)21-18-13-20(26-3)19(25-2)12-17(18)10-11-23(21)14-16-8-6-5-7-9-16/h5-9,12-13,15,21H,10-11,14H2,1-4H3/t15-,21?/m0/s1. The molecule has 0 fully saturated rings. The number of hydrogen-bond donors (Lipinski definition) is 0. The minimum atomic E-state index is -0.295. The second-order valence-electron chi connectivity index (χ2n) is 6.87. The number of fused-ring (bicyclic) bond motifs is 1. The highest BCUT2D eigenvalue weighted by Gasteiger charge is 2.36. The van der Waals surface area contributed by atoms with Crippen molar-refractivity contribution in [1.29, 1.82) is 0 Å². The van der Waals surface area contributed by atoms with E-state index in [9.17, 15) is 4.79 Å². The van der Waals surface area contributed by atoms with Gasteiger partial charge in [0.15, 0.2) is 11.5 Å². The molecule has 0 N–H and O–H groups in total. The molecule has 0 aliphatic carbocycles. The smallest absolute Gasteiger partial charge is 0.310 e. The Kier molecular flexibility index (Phi) is 6.01. The molecule has 5 heteroatoms. The number of benzene rings is 2. The van der Waals surface area contributed by atoms with Gasteiger partial charge in [-0.2, -0.15) is 0 Å². The molecule has 2 aromatic carbocycles. The maximum atomic E-state index is 12.4. The predicted molar refractivity (Wildman–Crippen MR) is 104 cm³/mol. The Labute approximate surface area is 160 Å². The number of nitrogens with zero attached hydrogens (tertiary/aromatic N) is 1. The average molecular weight is 369 g/mol. The molecule has 0 bridgehead atoms. The number of esters is 1. The highest BCUT2D eigenvalue weighted by molar-refractivity contribution is 5.73. The normalized spacial score (nSPS) is 17.7. The fourth-order valence-corrected chi connectivity index (χ4v) is 3.92. The van der Waals surface area contributed by atoms with E-state index in [2.05, 4.69) is 17.0 Å². The molecule has 1 aliphatic rings. The van der Waals surface area contributed by atoms with Crippen molar-refractivity contribution in [2.24, 2.45) is 5.92 Å². The highest BCUT2D eigenvalue weighted by Crippen LogP contribution is 2.42. The Morgan fingerprint density at radius 1 is 1.11 bits per heavy atom. The summed E-state index contributed by atoms with van der Waals surface area (Å²) in [5, 5.41) is 0. The van der Waals surface area contributed by atoms with Crippen LogP contribution in [0.4, 0.5) is 0 Å². The Balaban J connectivity index is 2.03. The largest absolute Gasteiger partial charge is 0.493 e. The van der Waals surface area contributed by atoms with Crippen molar-refractivity contribution in [3.05, 3.63) is 59.2 Å². The highest BCUT2D eigenvalue weighted by atomic mass is 16.5. The van der Waals surface area contributed by atoms with E-state index in [4.69, 9.17) is 14.2 Å². The molecule has 1 unspecified atom stereocenters. The molecule has 5 nitrogen and oxygen atoms in total. The Morgan fingerprint density at radius 2 is 1.78 bits per heavy atom. The molecule has 0 saturated heterocycles. The molecule has 0 saturated carbocycles. The van der Waals surface area contributed by atoms with Gasteiger partial charge in [0, 0.05) is 19.1 Å². The first-order chi connectivity index (χ1) is 13.1. The number of rotatable bonds is 6. The van der Waals surface area contributed by atoms with Gasteiger partial charge in [-0.1, -0.05) is 37.3 Å². The van der Waals surface area contributed by atoms with Crippen molar-refractivity contribution < 1.29 is 19.0 Å². The first-order valence-corrected chi connectivity index (χ1v) is 9.19. The van der Waals surface area contributed by atoms with Crippen molar-refractivity contribution in [1.82, 2.24) is 4.90 Å². The molecule has 0 amide bonds. The second-order valence-corrected chi connectivity index (χ2v) is 6.87. The van der Waals surface area contributed by atoms with Crippen LogP contribution in [-0.2, 0) is 22.5 Å². The van der Waals surface area contributed by atoms with E-state index in [0.717, 1.165) is 30.8 Å². The van der Waals surface area contributed by atoms with E-state index in [-0.39, 0.29) is 17.9 Å². The number of carbonyl (C=O) groups is 1. The van der Waals surface area contributed by atoms with E-state index in [1.807, 2.05) is 37.3 Å². The number of methoxy groups -OCH3 is 3. The van der Waals surface area contributed by atoms with Gasteiger partial charge in [0.05, 0.1) is 27.2 Å². The SMILES string of the molecule is COC(=O)[C@@H](C)C1c2cc(OC)c(OC)cc2CCN1Cc1ccccc1. The minimum absolute atomic E-state index is 0.0822. The van der Waals surface area contributed by atoms with Gasteiger partial charge in [0.2, 0.25) is 0 Å². The van der Waals surface area contributed by atoms with Gasteiger partial charge in [0.1, 0.15) is 0 Å². The Morgan fingerprint density at radius 3 is 2.41 bits per heavy atom. The van der Waals surface area contributed by atoms with Gasteiger partial charge in [0.25, 0.3) is 0 Å². The van der Waals surface area contributed by atoms with Gasteiger partial charge in [-0.15, -0.1) is 0 Å². The van der Waals surface area contributed by atoms with Crippen molar-refractivity contribution in [3.63, 3.8) is 0 Å². The van der Waals surface area contributed by atoms with E-state index in [0.29, 0.717) is 5.75 Å². The molecule has 3 rings (SSSR count). The topological polar surface area (TPSA) is 48.0 Å². The van der Waals surface area contributed by atoms with Crippen LogP contribution in [0.3, 0.4) is 0 Å². The van der Waals surface area contributed by atoms with Gasteiger partial charge >= 0.3 is 5.97 Å². The summed E-state index contributed by atoms with van der Waals surface area (Å²) < 4.78 is 16.0. The van der Waals surface area contributed by atoms with Crippen LogP contribution in [0.1, 0.15) is 29.7 Å². The molecule has 0 aromatic heterocycles. The van der Waals surface area contributed by atoms with Gasteiger partial charge < -0.3 is 14.2 Å². The molecule has 144 valence electrons. The lowest BCUT2D eigenvalue weighted by molar-refractivity contribution is -0.147. The fraction of sp³-hybridized carbons (Fsp3) is 0.409. The van der Waals surface area contributed by atoms with Crippen molar-refractivity contribution in [3.8, 4) is 11.5 Å². The summed E-state index contributed by atoms with van der Waals surface area (Å²) in [5.74, 6) is 0.897.